The maximum absolute atomic E-state index is 5.62. The third kappa shape index (κ3) is 4.76. The minimum Gasteiger partial charge on any atom is -0.399 e. The summed E-state index contributed by atoms with van der Waals surface area (Å²) in [5, 5.41) is 0.337. The molecule has 0 rings (SSSR count). The van der Waals surface area contributed by atoms with Gasteiger partial charge < -0.3 is 11.5 Å². The predicted molar refractivity (Wildman–Crippen MR) is 50.3 cm³/mol. The van der Waals surface area contributed by atoms with Gasteiger partial charge in [-0.3, -0.25) is 0 Å². The van der Waals surface area contributed by atoms with E-state index in [-0.39, 0.29) is 5.70 Å². The Morgan fingerprint density at radius 1 is 1.45 bits per heavy atom. The summed E-state index contributed by atoms with van der Waals surface area (Å²) in [6, 6.07) is 0. The average Bonchev–Trinajstić information content (AvgIpc) is 1.87. The van der Waals surface area contributed by atoms with Crippen molar-refractivity contribution in [3.05, 3.63) is 35.2 Å². The van der Waals surface area contributed by atoms with Crippen LogP contribution >= 0.6 is 23.2 Å². The fraction of sp³-hybridized carbons (Fsp3) is 0.143. The van der Waals surface area contributed by atoms with Gasteiger partial charge in [0.25, 0.3) is 0 Å². The maximum Gasteiger partial charge on any atom is 0.0649 e. The summed E-state index contributed by atoms with van der Waals surface area (Å²) in [7, 11) is 0. The van der Waals surface area contributed by atoms with Crippen molar-refractivity contribution in [2.24, 2.45) is 11.5 Å². The first kappa shape index (κ1) is 10.4. The van der Waals surface area contributed by atoms with Crippen LogP contribution in [0.25, 0.3) is 0 Å². The molecule has 0 spiro atoms. The van der Waals surface area contributed by atoms with Gasteiger partial charge in [-0.15, -0.1) is 11.6 Å². The summed E-state index contributed by atoms with van der Waals surface area (Å²) in [6.07, 6.45) is 3.12. The van der Waals surface area contributed by atoms with Crippen molar-refractivity contribution in [2.45, 2.75) is 0 Å². The van der Waals surface area contributed by atoms with E-state index >= 15 is 0 Å². The topological polar surface area (TPSA) is 52.0 Å². The molecule has 0 amide bonds. The van der Waals surface area contributed by atoms with E-state index in [0.717, 1.165) is 0 Å². The van der Waals surface area contributed by atoms with E-state index in [0.29, 0.717) is 16.6 Å². The lowest BCUT2D eigenvalue weighted by Crippen LogP contribution is -1.98. The summed E-state index contributed by atoms with van der Waals surface area (Å²) >= 11 is 11.0. The van der Waals surface area contributed by atoms with E-state index in [1.165, 1.54) is 6.08 Å². The van der Waals surface area contributed by atoms with Crippen LogP contribution in [0.5, 0.6) is 0 Å². The second kappa shape index (κ2) is 5.10. The van der Waals surface area contributed by atoms with Crippen LogP contribution in [0.4, 0.5) is 0 Å². The molecule has 0 aromatic rings. The Morgan fingerprint density at radius 2 is 2.00 bits per heavy atom. The number of hydrogen-bond donors (Lipinski definition) is 2. The third-order valence-electron chi connectivity index (χ3n) is 0.913. The van der Waals surface area contributed by atoms with Crippen LogP contribution in [0.2, 0.25) is 0 Å². The zero-order valence-electron chi connectivity index (χ0n) is 5.98. The molecule has 0 unspecified atom stereocenters. The van der Waals surface area contributed by atoms with Crippen LogP contribution in [0.3, 0.4) is 0 Å². The van der Waals surface area contributed by atoms with Gasteiger partial charge in [0.15, 0.2) is 0 Å². The fourth-order valence-electron chi connectivity index (χ4n) is 0.387. The Kier molecular flexibility index (Phi) is 4.83. The Morgan fingerprint density at radius 3 is 2.36 bits per heavy atom. The fourth-order valence-corrected chi connectivity index (χ4v) is 0.691. The van der Waals surface area contributed by atoms with Gasteiger partial charge in [-0.2, -0.15) is 0 Å². The average molecular weight is 193 g/mol. The zero-order chi connectivity index (χ0) is 8.85. The van der Waals surface area contributed by atoms with Gasteiger partial charge in [0.05, 0.1) is 5.03 Å². The second-order valence-electron chi connectivity index (χ2n) is 1.88. The van der Waals surface area contributed by atoms with Gasteiger partial charge in [-0.05, 0) is 12.2 Å². The van der Waals surface area contributed by atoms with Crippen molar-refractivity contribution >= 4 is 23.2 Å². The summed E-state index contributed by atoms with van der Waals surface area (Å²) in [4.78, 5) is 0. The summed E-state index contributed by atoms with van der Waals surface area (Å²) in [5.41, 5.74) is 11.5. The van der Waals surface area contributed by atoms with E-state index in [9.17, 15) is 0 Å². The van der Waals surface area contributed by atoms with Crippen LogP contribution in [0, 0.1) is 0 Å². The van der Waals surface area contributed by atoms with Crippen molar-refractivity contribution in [1.29, 1.82) is 0 Å². The highest BCUT2D eigenvalue weighted by Gasteiger charge is 1.92. The first-order chi connectivity index (χ1) is 5.07. The largest absolute Gasteiger partial charge is 0.399 e. The number of alkyl halides is 1. The first-order valence-electron chi connectivity index (χ1n) is 2.91. The first-order valence-corrected chi connectivity index (χ1v) is 3.82. The Bertz CT molecular complexity index is 206. The van der Waals surface area contributed by atoms with E-state index in [1.807, 2.05) is 0 Å². The van der Waals surface area contributed by atoms with E-state index < -0.39 is 0 Å². The standard InChI is InChI=1S/C7H10Cl2N2/c1-5(10)7(9)4-6(11)2-3-8/h2,4H,1,3,10-11H2/b6-2+,7-4+. The van der Waals surface area contributed by atoms with E-state index in [1.54, 1.807) is 6.08 Å². The number of rotatable bonds is 3. The molecule has 0 aromatic carbocycles. The molecule has 0 heterocycles. The molecule has 62 valence electrons. The second-order valence-corrected chi connectivity index (χ2v) is 2.59. The van der Waals surface area contributed by atoms with Crippen molar-refractivity contribution < 1.29 is 0 Å². The van der Waals surface area contributed by atoms with Crippen LogP contribution in [0.15, 0.2) is 35.2 Å². The number of allylic oxidation sites excluding steroid dienone is 3. The molecule has 2 nitrogen and oxygen atoms in total. The maximum atomic E-state index is 5.62. The molecule has 0 aliphatic rings. The summed E-state index contributed by atoms with van der Waals surface area (Å²) < 4.78 is 0. The Balaban J connectivity index is 4.30. The molecule has 0 aromatic heterocycles. The predicted octanol–water partition coefficient (Wildman–Crippen LogP) is 1.66. The molecule has 4 heteroatoms. The monoisotopic (exact) mass is 192 g/mol. The van der Waals surface area contributed by atoms with Gasteiger partial charge in [-0.25, -0.2) is 0 Å². The normalized spacial score (nSPS) is 13.3. The minimum absolute atomic E-state index is 0.289. The van der Waals surface area contributed by atoms with Crippen molar-refractivity contribution in [3.8, 4) is 0 Å². The van der Waals surface area contributed by atoms with Crippen LogP contribution < -0.4 is 11.5 Å². The van der Waals surface area contributed by atoms with Gasteiger partial charge >= 0.3 is 0 Å². The third-order valence-corrected chi connectivity index (χ3v) is 1.42. The molecule has 0 atom stereocenters. The lowest BCUT2D eigenvalue weighted by molar-refractivity contribution is 1.35. The highest BCUT2D eigenvalue weighted by Crippen LogP contribution is 2.08. The van der Waals surface area contributed by atoms with Crippen LogP contribution in [0.1, 0.15) is 0 Å². The molecular formula is C7H10Cl2N2. The highest BCUT2D eigenvalue weighted by molar-refractivity contribution is 6.32. The lowest BCUT2D eigenvalue weighted by atomic mass is 10.3. The highest BCUT2D eigenvalue weighted by atomic mass is 35.5. The quantitative estimate of drug-likeness (QED) is 0.529. The van der Waals surface area contributed by atoms with E-state index in [4.69, 9.17) is 34.7 Å². The Hall–Kier alpha value is -0.600. The minimum atomic E-state index is 0.289. The van der Waals surface area contributed by atoms with Crippen LogP contribution in [-0.2, 0) is 0 Å². The van der Waals surface area contributed by atoms with Gasteiger partial charge in [0.1, 0.15) is 0 Å². The molecular weight excluding hydrogens is 183 g/mol. The molecule has 0 radical (unpaired) electrons. The molecule has 4 N–H and O–H groups in total. The Labute approximate surface area is 76.1 Å². The van der Waals surface area contributed by atoms with E-state index in [2.05, 4.69) is 6.58 Å². The van der Waals surface area contributed by atoms with Gasteiger partial charge in [0.2, 0.25) is 0 Å². The smallest absolute Gasteiger partial charge is 0.0649 e. The lowest BCUT2D eigenvalue weighted by Gasteiger charge is -1.96. The molecule has 11 heavy (non-hydrogen) atoms. The van der Waals surface area contributed by atoms with Gasteiger partial charge in [-0.1, -0.05) is 18.2 Å². The molecule has 0 saturated carbocycles. The van der Waals surface area contributed by atoms with Crippen molar-refractivity contribution in [1.82, 2.24) is 0 Å². The zero-order valence-corrected chi connectivity index (χ0v) is 7.49. The SMILES string of the molecule is C=C(N)/C(Cl)=C\C(N)=C/CCl. The van der Waals surface area contributed by atoms with Gasteiger partial charge in [0, 0.05) is 17.3 Å². The molecule has 0 fully saturated rings. The van der Waals surface area contributed by atoms with Crippen LogP contribution in [-0.4, -0.2) is 5.88 Å². The van der Waals surface area contributed by atoms with Crippen molar-refractivity contribution in [2.75, 3.05) is 5.88 Å². The molecule has 0 bridgehead atoms. The van der Waals surface area contributed by atoms with Crippen molar-refractivity contribution in [3.63, 3.8) is 0 Å². The molecule has 0 aliphatic heterocycles. The summed E-state index contributed by atoms with van der Waals surface area (Å²) in [5.74, 6) is 0.351. The summed E-state index contributed by atoms with van der Waals surface area (Å²) in [6.45, 7) is 3.43. The number of halogens is 2. The molecule has 0 saturated heterocycles. The number of nitrogens with two attached hydrogens (primary N) is 2. The number of hydrogen-bond acceptors (Lipinski definition) is 2. The molecule has 0 aliphatic carbocycles.